The van der Waals surface area contributed by atoms with Crippen molar-refractivity contribution in [3.8, 4) is 45.6 Å². The average Bonchev–Trinajstić information content (AvgIpc) is 3.25. The molecule has 0 heterocycles. The minimum atomic E-state index is -1.70. The molecule has 0 fully saturated rings. The Morgan fingerprint density at radius 1 is 0.311 bits per heavy atom. The van der Waals surface area contributed by atoms with Gasteiger partial charge in [-0.2, -0.15) is 0 Å². The normalized spacial score (nSPS) is 13.3. The van der Waals surface area contributed by atoms with Crippen molar-refractivity contribution in [2.75, 3.05) is 0 Å². The van der Waals surface area contributed by atoms with Crippen LogP contribution in [0.25, 0.3) is 11.1 Å². The summed E-state index contributed by atoms with van der Waals surface area (Å²) in [6.07, 6.45) is 0. The second-order valence-electron chi connectivity index (χ2n) is 28.9. The maximum atomic E-state index is 7.39. The van der Waals surface area contributed by atoms with E-state index < -0.39 is 8.38 Å². The molecule has 0 saturated carbocycles. The summed E-state index contributed by atoms with van der Waals surface area (Å²) < 4.78 is 29.2. The molecule has 1 atom stereocenters. The van der Waals surface area contributed by atoms with Crippen LogP contribution in [0.4, 0.5) is 0 Å². The lowest BCUT2D eigenvalue weighted by molar-refractivity contribution is 0.403. The molecule has 0 bridgehead atoms. The van der Waals surface area contributed by atoms with Gasteiger partial charge in [-0.05, 0) is 114 Å². The number of hydrogen-bond donors (Lipinski definition) is 0. The lowest BCUT2D eigenvalue weighted by atomic mass is 9.80. The molecule has 74 heavy (non-hydrogen) atoms. The summed E-state index contributed by atoms with van der Waals surface area (Å²) in [6, 6.07) is 39.7. The molecule has 4 nitrogen and oxygen atoms in total. The van der Waals surface area contributed by atoms with Gasteiger partial charge in [-0.3, -0.25) is 0 Å². The van der Waals surface area contributed by atoms with Crippen LogP contribution >= 0.6 is 17.6 Å². The lowest BCUT2D eigenvalue weighted by Crippen LogP contribution is -2.20. The zero-order chi connectivity index (χ0) is 55.5. The van der Waals surface area contributed by atoms with E-state index in [-0.39, 0.29) is 43.3 Å². The van der Waals surface area contributed by atoms with E-state index in [0.29, 0.717) is 11.5 Å². The highest BCUT2D eigenvalue weighted by atomic mass is 31.2. The second kappa shape index (κ2) is 20.7. The molecule has 6 heteroatoms. The Balaban J connectivity index is 1.58. The maximum Gasteiger partial charge on any atom is 0.326 e. The van der Waals surface area contributed by atoms with Gasteiger partial charge in [0.25, 0.3) is 0 Å². The highest BCUT2D eigenvalue weighted by Gasteiger charge is 2.32. The van der Waals surface area contributed by atoms with Gasteiger partial charge in [0.15, 0.2) is 11.5 Å². The van der Waals surface area contributed by atoms with Gasteiger partial charge in [-0.25, -0.2) is 0 Å². The van der Waals surface area contributed by atoms with Gasteiger partial charge >= 0.3 is 8.38 Å². The summed E-state index contributed by atoms with van der Waals surface area (Å²) in [5.41, 5.74) is 10.6. The molecule has 0 radical (unpaired) electrons. The van der Waals surface area contributed by atoms with Crippen molar-refractivity contribution in [2.24, 2.45) is 0 Å². The van der Waals surface area contributed by atoms with E-state index in [4.69, 9.17) is 18.5 Å². The van der Waals surface area contributed by atoms with E-state index in [0.717, 1.165) is 67.0 Å². The van der Waals surface area contributed by atoms with Gasteiger partial charge in [0.1, 0.15) is 23.0 Å². The lowest BCUT2D eigenvalue weighted by Gasteiger charge is -2.30. The fourth-order valence-electron chi connectivity index (χ4n) is 8.96. The van der Waals surface area contributed by atoms with Crippen molar-refractivity contribution in [1.29, 1.82) is 0 Å². The van der Waals surface area contributed by atoms with Crippen molar-refractivity contribution in [1.82, 2.24) is 0 Å². The molecule has 0 spiro atoms. The zero-order valence-corrected chi connectivity index (χ0v) is 52.1. The smallest absolute Gasteiger partial charge is 0.326 e. The fraction of sp³-hybridized carbons (Fsp3) is 0.471. The van der Waals surface area contributed by atoms with Gasteiger partial charge in [-0.1, -0.05) is 233 Å². The molecule has 398 valence electrons. The van der Waals surface area contributed by atoms with Gasteiger partial charge < -0.3 is 18.5 Å². The van der Waals surface area contributed by atoms with E-state index in [1.165, 1.54) is 22.3 Å². The predicted molar refractivity (Wildman–Crippen MR) is 325 cm³/mol. The molecular weight excluding hydrogens is 943 g/mol. The van der Waals surface area contributed by atoms with Crippen molar-refractivity contribution < 1.29 is 18.5 Å². The van der Waals surface area contributed by atoms with Crippen LogP contribution in [-0.4, -0.2) is 0 Å². The van der Waals surface area contributed by atoms with E-state index in [2.05, 4.69) is 285 Å². The highest BCUT2D eigenvalue weighted by Crippen LogP contribution is 2.50. The predicted octanol–water partition coefficient (Wildman–Crippen LogP) is 19.9. The quantitative estimate of drug-likeness (QED) is 0.128. The highest BCUT2D eigenvalue weighted by molar-refractivity contribution is 7.56. The first-order chi connectivity index (χ1) is 33.6. The minimum absolute atomic E-state index is 0.0237. The molecule has 0 aliphatic heterocycles. The molecule has 0 amide bonds. The SMILES string of the molecule is CC(C)(C)c1ccc(Oc2c(P)ccc(-c3ccc(P(Oc4ccc(C(C)(C)C)cc4C(C)(C)C)Oc4ccc(C(C)(C)C)cc4C(C)(C)C)cc3)c2Oc2ccc(C(C)(C)C)cc2C(C)(C)C)c(C(C)(C)C)c1. The van der Waals surface area contributed by atoms with Gasteiger partial charge in [0.05, 0.1) is 5.30 Å². The Hall–Kier alpha value is -4.62. The Labute approximate surface area is 453 Å². The van der Waals surface area contributed by atoms with Crippen LogP contribution in [0.2, 0.25) is 0 Å². The van der Waals surface area contributed by atoms with Crippen LogP contribution in [-0.2, 0) is 43.3 Å². The summed E-state index contributed by atoms with van der Waals surface area (Å²) in [7, 11) is 1.24. The molecule has 0 N–H and O–H groups in total. The van der Waals surface area contributed by atoms with E-state index >= 15 is 0 Å². The maximum absolute atomic E-state index is 7.39. The van der Waals surface area contributed by atoms with Crippen LogP contribution in [0.15, 0.2) is 109 Å². The third-order valence-electron chi connectivity index (χ3n) is 13.9. The van der Waals surface area contributed by atoms with Crippen LogP contribution in [0.5, 0.6) is 34.5 Å². The molecule has 1 unspecified atom stereocenters. The molecule has 0 aromatic heterocycles. The van der Waals surface area contributed by atoms with E-state index in [1.807, 2.05) is 0 Å². The third kappa shape index (κ3) is 13.9. The van der Waals surface area contributed by atoms with E-state index in [1.54, 1.807) is 0 Å². The largest absolute Gasteiger partial charge is 0.452 e. The van der Waals surface area contributed by atoms with Crippen LogP contribution in [0.1, 0.15) is 211 Å². The number of benzene rings is 6. The zero-order valence-electron chi connectivity index (χ0n) is 50.0. The first kappa shape index (κ1) is 58.6. The standard InChI is InChI=1S/C68H92O4P2/c1-61(2,3)44-27-34-54(50(39-44)65(13,14)15)69-59-49(33-38-58(73)60(59)70-55-35-28-45(62(4,5)6)40-51(55)66(16,17)18)43-25-31-48(32-26-43)74(71-56-36-29-46(63(7,8)9)41-52(56)67(19,20)21)72-57-37-30-47(64(10,11)12)42-53(57)68(22,23)24/h25-42H,73H2,1-24H3. The topological polar surface area (TPSA) is 36.9 Å². The molecule has 0 aliphatic carbocycles. The van der Waals surface area contributed by atoms with Crippen molar-refractivity contribution >= 4 is 28.2 Å². The number of ether oxygens (including phenoxy) is 2. The summed E-state index contributed by atoms with van der Waals surface area (Å²) in [5.74, 6) is 4.57. The second-order valence-corrected chi connectivity index (χ2v) is 30.9. The molecule has 6 aromatic rings. The Morgan fingerprint density at radius 2 is 0.608 bits per heavy atom. The molecule has 0 saturated heterocycles. The third-order valence-corrected chi connectivity index (χ3v) is 15.8. The minimum Gasteiger partial charge on any atom is -0.452 e. The molecule has 6 aromatic carbocycles. The van der Waals surface area contributed by atoms with Gasteiger partial charge in [-0.15, -0.1) is 9.24 Å². The van der Waals surface area contributed by atoms with Crippen molar-refractivity contribution in [3.63, 3.8) is 0 Å². The van der Waals surface area contributed by atoms with Crippen molar-refractivity contribution in [3.05, 3.63) is 154 Å². The summed E-state index contributed by atoms with van der Waals surface area (Å²) in [6.45, 7) is 54.2. The van der Waals surface area contributed by atoms with Crippen LogP contribution < -0.4 is 29.1 Å². The molecular formula is C68H92O4P2. The van der Waals surface area contributed by atoms with E-state index in [9.17, 15) is 0 Å². The molecule has 6 rings (SSSR count). The summed E-state index contributed by atoms with van der Waals surface area (Å²) >= 11 is 0. The number of hydrogen-bond acceptors (Lipinski definition) is 4. The summed E-state index contributed by atoms with van der Waals surface area (Å²) in [4.78, 5) is 0. The average molecular weight is 1040 g/mol. The van der Waals surface area contributed by atoms with Crippen LogP contribution in [0.3, 0.4) is 0 Å². The van der Waals surface area contributed by atoms with Gasteiger partial charge in [0, 0.05) is 33.1 Å². The first-order valence-corrected chi connectivity index (χ1v) is 28.5. The Kier molecular flexibility index (Phi) is 16.4. The fourth-order valence-corrected chi connectivity index (χ4v) is 10.6. The Bertz CT molecular complexity index is 2880. The monoisotopic (exact) mass is 1030 g/mol. The van der Waals surface area contributed by atoms with Crippen LogP contribution in [0, 0.1) is 0 Å². The number of rotatable bonds is 10. The Morgan fingerprint density at radius 3 is 0.919 bits per heavy atom. The van der Waals surface area contributed by atoms with Gasteiger partial charge in [0.2, 0.25) is 0 Å². The molecule has 0 aliphatic rings. The first-order valence-electron chi connectivity index (χ1n) is 26.8. The van der Waals surface area contributed by atoms with Crippen molar-refractivity contribution in [2.45, 2.75) is 209 Å². The summed E-state index contributed by atoms with van der Waals surface area (Å²) in [5, 5.41) is 1.85.